The number of ketones is 2. The number of hydrogen-bond acceptors (Lipinski definition) is 3. The topological polar surface area (TPSA) is 66.5 Å². The van der Waals surface area contributed by atoms with E-state index in [1.807, 2.05) is 13.8 Å². The Morgan fingerprint density at radius 2 is 1.81 bits per heavy atom. The first-order valence-electron chi connectivity index (χ1n) is 5.47. The van der Waals surface area contributed by atoms with Crippen LogP contribution in [0.15, 0.2) is 0 Å². The molecule has 0 unspecified atom stereocenters. The van der Waals surface area contributed by atoms with Crippen molar-refractivity contribution in [2.45, 2.75) is 45.2 Å². The van der Waals surface area contributed by atoms with Gasteiger partial charge in [-0.1, -0.05) is 0 Å². The summed E-state index contributed by atoms with van der Waals surface area (Å²) in [5.74, 6) is -0.157. The molecule has 0 atom stereocenters. The van der Waals surface area contributed by atoms with Crippen LogP contribution in [0.1, 0.15) is 33.1 Å². The molecule has 1 aliphatic carbocycles. The molecule has 2 amide bonds. The van der Waals surface area contributed by atoms with Gasteiger partial charge in [0, 0.05) is 32.0 Å². The molecule has 90 valence electrons. The maximum atomic E-state index is 11.7. The Bertz CT molecular complexity index is 296. The molecule has 1 saturated carbocycles. The summed E-state index contributed by atoms with van der Waals surface area (Å²) in [6, 6.07) is -0.472. The van der Waals surface area contributed by atoms with Gasteiger partial charge < -0.3 is 10.2 Å². The first kappa shape index (κ1) is 12.7. The second kappa shape index (κ2) is 5.09. The Balaban J connectivity index is 2.59. The monoisotopic (exact) mass is 226 g/mol. The third kappa shape index (κ3) is 3.32. The molecule has 0 heterocycles. The predicted molar refractivity (Wildman–Crippen MR) is 59.1 cm³/mol. The average molecular weight is 226 g/mol. The van der Waals surface area contributed by atoms with Gasteiger partial charge in [-0.25, -0.2) is 4.79 Å². The molecule has 16 heavy (non-hydrogen) atoms. The van der Waals surface area contributed by atoms with Gasteiger partial charge >= 0.3 is 6.03 Å². The highest BCUT2D eigenvalue weighted by atomic mass is 16.2. The van der Waals surface area contributed by atoms with E-state index in [9.17, 15) is 14.4 Å². The number of Topliss-reactive ketones (excluding diaryl/α,β-unsaturated/α-hetero) is 2. The van der Waals surface area contributed by atoms with Crippen LogP contribution in [0.2, 0.25) is 0 Å². The van der Waals surface area contributed by atoms with Crippen LogP contribution in [0.4, 0.5) is 4.79 Å². The zero-order valence-corrected chi connectivity index (χ0v) is 9.95. The summed E-state index contributed by atoms with van der Waals surface area (Å²) in [6.45, 7) is 3.73. The van der Waals surface area contributed by atoms with Crippen LogP contribution in [0.25, 0.3) is 0 Å². The lowest BCUT2D eigenvalue weighted by atomic mass is 9.92. The first-order chi connectivity index (χ1) is 7.40. The van der Waals surface area contributed by atoms with Crippen LogP contribution < -0.4 is 5.32 Å². The molecule has 0 spiro atoms. The molecule has 0 aromatic heterocycles. The van der Waals surface area contributed by atoms with Crippen molar-refractivity contribution in [1.29, 1.82) is 0 Å². The third-order valence-corrected chi connectivity index (χ3v) is 2.60. The van der Waals surface area contributed by atoms with Crippen LogP contribution >= 0.6 is 0 Å². The van der Waals surface area contributed by atoms with Gasteiger partial charge in [-0.2, -0.15) is 0 Å². The quantitative estimate of drug-likeness (QED) is 0.706. The van der Waals surface area contributed by atoms with Crippen molar-refractivity contribution in [2.24, 2.45) is 0 Å². The van der Waals surface area contributed by atoms with E-state index in [1.54, 1.807) is 7.05 Å². The molecule has 1 N–H and O–H groups in total. The molecule has 1 rings (SSSR count). The lowest BCUT2D eigenvalue weighted by molar-refractivity contribution is -0.131. The highest BCUT2D eigenvalue weighted by Crippen LogP contribution is 2.16. The molecule has 0 saturated heterocycles. The zero-order valence-electron chi connectivity index (χ0n) is 9.95. The summed E-state index contributed by atoms with van der Waals surface area (Å²) in [6.07, 6.45) is 0.595. The fourth-order valence-electron chi connectivity index (χ4n) is 1.75. The van der Waals surface area contributed by atoms with Crippen LogP contribution in [0.3, 0.4) is 0 Å². The lowest BCUT2D eigenvalue weighted by Gasteiger charge is -2.30. The minimum Gasteiger partial charge on any atom is -0.336 e. The summed E-state index contributed by atoms with van der Waals surface area (Å²) in [5.41, 5.74) is 0. The van der Waals surface area contributed by atoms with Crippen LogP contribution in [0.5, 0.6) is 0 Å². The fourth-order valence-corrected chi connectivity index (χ4v) is 1.75. The summed E-state index contributed by atoms with van der Waals surface area (Å²) in [4.78, 5) is 35.6. The van der Waals surface area contributed by atoms with E-state index in [4.69, 9.17) is 0 Å². The van der Waals surface area contributed by atoms with Gasteiger partial charge in [-0.05, 0) is 13.8 Å². The Hall–Kier alpha value is -1.39. The van der Waals surface area contributed by atoms with Gasteiger partial charge in [-0.3, -0.25) is 9.59 Å². The second-order valence-electron chi connectivity index (χ2n) is 4.53. The molecule has 5 heteroatoms. The van der Waals surface area contributed by atoms with Crippen molar-refractivity contribution in [2.75, 3.05) is 7.05 Å². The second-order valence-corrected chi connectivity index (χ2v) is 4.53. The van der Waals surface area contributed by atoms with E-state index in [0.29, 0.717) is 0 Å². The maximum Gasteiger partial charge on any atom is 0.317 e. The van der Waals surface area contributed by atoms with Crippen molar-refractivity contribution >= 4 is 17.6 Å². The predicted octanol–water partition coefficient (Wildman–Crippen LogP) is 0.727. The number of hydrogen-bond donors (Lipinski definition) is 1. The summed E-state index contributed by atoms with van der Waals surface area (Å²) in [7, 11) is 1.62. The van der Waals surface area contributed by atoms with Crippen molar-refractivity contribution in [3.05, 3.63) is 0 Å². The molecule has 0 aromatic carbocycles. The van der Waals surface area contributed by atoms with E-state index in [1.165, 1.54) is 4.90 Å². The smallest absolute Gasteiger partial charge is 0.317 e. The Morgan fingerprint density at radius 1 is 1.31 bits per heavy atom. The normalized spacial score (nSPS) is 17.8. The Labute approximate surface area is 95.2 Å². The van der Waals surface area contributed by atoms with Crippen LogP contribution in [-0.2, 0) is 9.59 Å². The van der Waals surface area contributed by atoms with Gasteiger partial charge in [0.2, 0.25) is 0 Å². The molecule has 1 aliphatic rings. The zero-order chi connectivity index (χ0) is 12.3. The van der Waals surface area contributed by atoms with Crippen molar-refractivity contribution in [3.63, 3.8) is 0 Å². The largest absolute Gasteiger partial charge is 0.336 e. The number of amides is 2. The van der Waals surface area contributed by atoms with Crippen LogP contribution in [0, 0.1) is 0 Å². The maximum absolute atomic E-state index is 11.7. The summed E-state index contributed by atoms with van der Waals surface area (Å²) >= 11 is 0. The van der Waals surface area contributed by atoms with Crippen LogP contribution in [-0.4, -0.2) is 41.6 Å². The fraction of sp³-hybridized carbons (Fsp3) is 0.727. The third-order valence-electron chi connectivity index (χ3n) is 2.60. The minimum atomic E-state index is -0.285. The van der Waals surface area contributed by atoms with Gasteiger partial charge in [0.05, 0.1) is 6.42 Å². The molecule has 0 aliphatic heterocycles. The first-order valence-corrected chi connectivity index (χ1v) is 5.47. The molecule has 0 bridgehead atoms. The summed E-state index contributed by atoms with van der Waals surface area (Å²) < 4.78 is 0. The Morgan fingerprint density at radius 3 is 2.25 bits per heavy atom. The number of carbonyl (C=O) groups excluding carboxylic acids is 3. The number of rotatable bonds is 2. The number of nitrogens with one attached hydrogen (secondary N) is 1. The molecule has 0 radical (unpaired) electrons. The molecular weight excluding hydrogens is 208 g/mol. The van der Waals surface area contributed by atoms with Gasteiger partial charge in [0.15, 0.2) is 0 Å². The van der Waals surface area contributed by atoms with Crippen molar-refractivity contribution in [3.8, 4) is 0 Å². The van der Waals surface area contributed by atoms with Gasteiger partial charge in [0.1, 0.15) is 11.6 Å². The highest BCUT2D eigenvalue weighted by molar-refractivity contribution is 6.02. The van der Waals surface area contributed by atoms with E-state index in [-0.39, 0.29) is 48.9 Å². The number of urea groups is 1. The average Bonchev–Trinajstić information content (AvgIpc) is 2.13. The van der Waals surface area contributed by atoms with Crippen molar-refractivity contribution in [1.82, 2.24) is 10.2 Å². The molecule has 1 fully saturated rings. The van der Waals surface area contributed by atoms with Gasteiger partial charge in [0.25, 0.3) is 0 Å². The minimum absolute atomic E-state index is 0.0239. The SMILES string of the molecule is CC(C)NC(=O)N(C)C1CC(=O)CC(=O)C1. The van der Waals surface area contributed by atoms with E-state index >= 15 is 0 Å². The van der Waals surface area contributed by atoms with E-state index < -0.39 is 0 Å². The van der Waals surface area contributed by atoms with Crippen molar-refractivity contribution < 1.29 is 14.4 Å². The number of carbonyl (C=O) groups is 3. The Kier molecular flexibility index (Phi) is 4.04. The number of nitrogens with zero attached hydrogens (tertiary/aromatic N) is 1. The van der Waals surface area contributed by atoms with E-state index in [2.05, 4.69) is 5.32 Å². The lowest BCUT2D eigenvalue weighted by Crippen LogP contribution is -2.48. The summed E-state index contributed by atoms with van der Waals surface area (Å²) in [5, 5.41) is 2.73. The van der Waals surface area contributed by atoms with E-state index in [0.717, 1.165) is 0 Å². The molecular formula is C11H18N2O3. The molecule has 0 aromatic rings. The molecule has 5 nitrogen and oxygen atoms in total. The highest BCUT2D eigenvalue weighted by Gasteiger charge is 2.30. The standard InChI is InChI=1S/C11H18N2O3/c1-7(2)12-11(16)13(3)8-4-9(14)6-10(15)5-8/h7-8H,4-6H2,1-3H3,(H,12,16). The van der Waals surface area contributed by atoms with Gasteiger partial charge in [-0.15, -0.1) is 0 Å².